The smallest absolute Gasteiger partial charge is 0.322 e. The van der Waals surface area contributed by atoms with E-state index >= 15 is 0 Å². The summed E-state index contributed by atoms with van der Waals surface area (Å²) in [4.78, 5) is 47.6. The lowest BCUT2D eigenvalue weighted by Gasteiger charge is -2.21. The van der Waals surface area contributed by atoms with Crippen LogP contribution in [-0.4, -0.2) is 38.4 Å². The van der Waals surface area contributed by atoms with Gasteiger partial charge in [-0.05, 0) is 56.4 Å². The van der Waals surface area contributed by atoms with Crippen LogP contribution >= 0.6 is 0 Å². The molecule has 1 atom stereocenters. The first kappa shape index (κ1) is 22.4. The number of nitrogens with zero attached hydrogens (tertiary/aromatic N) is 3. The summed E-state index contributed by atoms with van der Waals surface area (Å²) in [5.41, 5.74) is 5.85. The first-order chi connectivity index (χ1) is 15.8. The van der Waals surface area contributed by atoms with Crippen molar-refractivity contribution in [2.24, 2.45) is 0 Å². The van der Waals surface area contributed by atoms with Crippen LogP contribution in [0.3, 0.4) is 0 Å². The number of rotatable bonds is 7. The monoisotopic (exact) mass is 445 g/mol. The normalized spacial score (nSPS) is 18.0. The van der Waals surface area contributed by atoms with Gasteiger partial charge in [-0.15, -0.1) is 0 Å². The minimum atomic E-state index is -1.10. The zero-order valence-corrected chi connectivity index (χ0v) is 19.0. The van der Waals surface area contributed by atoms with Crippen molar-refractivity contribution in [3.63, 3.8) is 0 Å². The number of carbonyl (C=O) groups is 3. The van der Waals surface area contributed by atoms with Gasteiger partial charge in [-0.2, -0.15) is 5.01 Å². The van der Waals surface area contributed by atoms with Crippen molar-refractivity contribution in [3.05, 3.63) is 71.0 Å². The molecule has 1 unspecified atom stereocenters. The van der Waals surface area contributed by atoms with E-state index in [2.05, 4.69) is 20.7 Å². The highest BCUT2D eigenvalue weighted by Gasteiger charge is 2.48. The Bertz CT molecular complexity index is 1230. The number of imide groups is 1. The molecule has 4 rings (SSSR count). The number of aromatic nitrogens is 2. The molecular weight excluding hydrogens is 418 g/mol. The summed E-state index contributed by atoms with van der Waals surface area (Å²) in [7, 11) is 0. The highest BCUT2D eigenvalue weighted by molar-refractivity contribution is 6.09. The number of aryl methyl sites for hydroxylation is 3. The molecule has 1 aromatic heterocycles. The molecule has 8 heteroatoms. The summed E-state index contributed by atoms with van der Waals surface area (Å²) in [6, 6.07) is 14.1. The van der Waals surface area contributed by atoms with Crippen molar-refractivity contribution in [1.29, 1.82) is 0 Å². The lowest BCUT2D eigenvalue weighted by atomic mass is 9.93. The van der Waals surface area contributed by atoms with Gasteiger partial charge in [-0.3, -0.25) is 15.0 Å². The number of nitrogens with one attached hydrogen (secondary N) is 2. The maximum absolute atomic E-state index is 13.0. The number of amides is 4. The van der Waals surface area contributed by atoms with Crippen LogP contribution in [-0.2, 0) is 24.1 Å². The van der Waals surface area contributed by atoms with E-state index in [9.17, 15) is 14.4 Å². The first-order valence-corrected chi connectivity index (χ1v) is 11.2. The molecule has 4 amide bonds. The molecule has 2 N–H and O–H groups in total. The van der Waals surface area contributed by atoms with Crippen LogP contribution in [0.25, 0.3) is 11.0 Å². The second-order valence-corrected chi connectivity index (χ2v) is 8.36. The van der Waals surface area contributed by atoms with Crippen LogP contribution in [0.5, 0.6) is 0 Å². The summed E-state index contributed by atoms with van der Waals surface area (Å²) in [6.45, 7) is 5.71. The Morgan fingerprint density at radius 3 is 2.33 bits per heavy atom. The quantitative estimate of drug-likeness (QED) is 0.543. The average molecular weight is 446 g/mol. The molecule has 33 heavy (non-hydrogen) atoms. The van der Waals surface area contributed by atoms with Crippen molar-refractivity contribution in [2.75, 3.05) is 0 Å². The Kier molecular flexibility index (Phi) is 6.09. The predicted octanol–water partition coefficient (Wildman–Crippen LogP) is 3.34. The summed E-state index contributed by atoms with van der Waals surface area (Å²) in [5, 5.41) is 3.48. The van der Waals surface area contributed by atoms with Gasteiger partial charge in [0.1, 0.15) is 5.54 Å². The Morgan fingerprint density at radius 2 is 1.67 bits per heavy atom. The second kappa shape index (κ2) is 8.97. The van der Waals surface area contributed by atoms with E-state index < -0.39 is 23.4 Å². The van der Waals surface area contributed by atoms with Gasteiger partial charge in [0.05, 0.1) is 22.4 Å². The van der Waals surface area contributed by atoms with Crippen LogP contribution in [0.4, 0.5) is 4.79 Å². The number of hydrazine groups is 1. The Balaban J connectivity index is 1.50. The Morgan fingerprint density at radius 1 is 1.00 bits per heavy atom. The lowest BCUT2D eigenvalue weighted by Crippen LogP contribution is -2.48. The van der Waals surface area contributed by atoms with Crippen molar-refractivity contribution in [3.8, 4) is 0 Å². The van der Waals surface area contributed by atoms with Gasteiger partial charge < -0.3 is 5.32 Å². The van der Waals surface area contributed by atoms with Gasteiger partial charge in [-0.1, -0.05) is 44.2 Å². The first-order valence-electron chi connectivity index (χ1n) is 11.2. The zero-order chi connectivity index (χ0) is 23.6. The maximum Gasteiger partial charge on any atom is 0.344 e. The molecule has 1 saturated heterocycles. The molecule has 0 radical (unpaired) electrons. The zero-order valence-electron chi connectivity index (χ0n) is 19.0. The third-order valence-corrected chi connectivity index (χ3v) is 5.98. The molecule has 0 saturated carbocycles. The lowest BCUT2D eigenvalue weighted by molar-refractivity contribution is -0.132. The van der Waals surface area contributed by atoms with Gasteiger partial charge in [0, 0.05) is 5.56 Å². The molecule has 2 heterocycles. The number of urea groups is 1. The SMILES string of the molecule is CCc1nc2ccc(C(=O)NN3C(=O)NC(C)(CCc4ccccc4)C3=O)cc2nc1CC. The van der Waals surface area contributed by atoms with E-state index in [4.69, 9.17) is 0 Å². The average Bonchev–Trinajstić information content (AvgIpc) is 3.05. The van der Waals surface area contributed by atoms with E-state index in [0.717, 1.165) is 34.8 Å². The topological polar surface area (TPSA) is 104 Å². The Hall–Kier alpha value is -3.81. The van der Waals surface area contributed by atoms with Crippen LogP contribution in [0, 0.1) is 0 Å². The maximum atomic E-state index is 13.0. The van der Waals surface area contributed by atoms with E-state index in [0.29, 0.717) is 29.4 Å². The highest BCUT2D eigenvalue weighted by Crippen LogP contribution is 2.23. The minimum absolute atomic E-state index is 0.293. The number of hydrogen-bond donors (Lipinski definition) is 2. The predicted molar refractivity (Wildman–Crippen MR) is 124 cm³/mol. The Labute approximate surface area is 192 Å². The van der Waals surface area contributed by atoms with Crippen LogP contribution < -0.4 is 10.7 Å². The van der Waals surface area contributed by atoms with Crippen LogP contribution in [0.2, 0.25) is 0 Å². The summed E-state index contributed by atoms with van der Waals surface area (Å²) in [5.74, 6) is -1.05. The summed E-state index contributed by atoms with van der Waals surface area (Å²) >= 11 is 0. The third kappa shape index (κ3) is 4.41. The molecule has 1 fully saturated rings. The van der Waals surface area contributed by atoms with Crippen molar-refractivity contribution >= 4 is 28.9 Å². The fourth-order valence-corrected chi connectivity index (χ4v) is 4.00. The fourth-order valence-electron chi connectivity index (χ4n) is 4.00. The van der Waals surface area contributed by atoms with E-state index in [1.807, 2.05) is 44.2 Å². The van der Waals surface area contributed by atoms with Crippen molar-refractivity contribution in [2.45, 2.75) is 52.0 Å². The standard InChI is InChI=1S/C25H27N5O3/c1-4-18-19(5-2)27-21-15-17(11-12-20(21)26-18)22(31)29-30-23(32)25(3,28-24(30)33)14-13-16-9-7-6-8-10-16/h6-12,15H,4-5,13-14H2,1-3H3,(H,28,33)(H,29,31). The number of carbonyl (C=O) groups excluding carboxylic acids is 3. The van der Waals surface area contributed by atoms with Gasteiger partial charge in [0.25, 0.3) is 11.8 Å². The summed E-state index contributed by atoms with van der Waals surface area (Å²) < 4.78 is 0. The number of benzene rings is 2. The molecule has 170 valence electrons. The van der Waals surface area contributed by atoms with E-state index in [-0.39, 0.29) is 0 Å². The molecule has 3 aromatic rings. The number of hydrogen-bond acceptors (Lipinski definition) is 5. The van der Waals surface area contributed by atoms with Gasteiger partial charge in [0.15, 0.2) is 0 Å². The highest BCUT2D eigenvalue weighted by atomic mass is 16.2. The van der Waals surface area contributed by atoms with Gasteiger partial charge >= 0.3 is 6.03 Å². The molecule has 8 nitrogen and oxygen atoms in total. The third-order valence-electron chi connectivity index (χ3n) is 5.98. The molecule has 2 aromatic carbocycles. The molecule has 1 aliphatic heterocycles. The van der Waals surface area contributed by atoms with E-state index in [1.54, 1.807) is 25.1 Å². The fraction of sp³-hybridized carbons (Fsp3) is 0.320. The van der Waals surface area contributed by atoms with Gasteiger partial charge in [0.2, 0.25) is 0 Å². The minimum Gasteiger partial charge on any atom is -0.322 e. The van der Waals surface area contributed by atoms with E-state index in [1.165, 1.54) is 0 Å². The van der Waals surface area contributed by atoms with Crippen molar-refractivity contribution < 1.29 is 14.4 Å². The molecular formula is C25H27N5O3. The van der Waals surface area contributed by atoms with Crippen LogP contribution in [0.15, 0.2) is 48.5 Å². The van der Waals surface area contributed by atoms with Crippen LogP contribution in [0.1, 0.15) is 54.5 Å². The second-order valence-electron chi connectivity index (χ2n) is 8.36. The van der Waals surface area contributed by atoms with Gasteiger partial charge in [-0.25, -0.2) is 14.8 Å². The number of fused-ring (bicyclic) bond motifs is 1. The molecule has 1 aliphatic rings. The van der Waals surface area contributed by atoms with Crippen molar-refractivity contribution in [1.82, 2.24) is 25.7 Å². The summed E-state index contributed by atoms with van der Waals surface area (Å²) in [6.07, 6.45) is 2.56. The molecule has 0 bridgehead atoms. The molecule has 0 spiro atoms. The largest absolute Gasteiger partial charge is 0.344 e. The molecule has 0 aliphatic carbocycles.